The number of benzene rings is 3. The van der Waals surface area contributed by atoms with E-state index in [9.17, 15) is 9.59 Å². The molecular weight excluding hydrogens is 486 g/mol. The third kappa shape index (κ3) is 6.11. The maximum absolute atomic E-state index is 13.5. The van der Waals surface area contributed by atoms with Crippen molar-refractivity contribution < 1.29 is 14.3 Å². The highest BCUT2D eigenvalue weighted by molar-refractivity contribution is 6.12. The summed E-state index contributed by atoms with van der Waals surface area (Å²) in [5.41, 5.74) is 4.03. The van der Waals surface area contributed by atoms with E-state index in [0.717, 1.165) is 65.6 Å². The molecule has 1 aliphatic carbocycles. The molecule has 39 heavy (non-hydrogen) atoms. The first-order valence-electron chi connectivity index (χ1n) is 13.6. The van der Waals surface area contributed by atoms with Crippen molar-refractivity contribution >= 4 is 28.4 Å². The molecular formula is C33H35N3O3. The minimum absolute atomic E-state index is 0.00512. The number of nitrogens with one attached hydrogen (secondary N) is 2. The first-order chi connectivity index (χ1) is 19.0. The number of para-hydroxylation sites is 1. The Labute approximate surface area is 229 Å². The third-order valence-corrected chi connectivity index (χ3v) is 7.77. The summed E-state index contributed by atoms with van der Waals surface area (Å²) in [7, 11) is 1.66. The zero-order valence-electron chi connectivity index (χ0n) is 22.6. The number of hydrogen-bond donors (Lipinski definition) is 2. The molecule has 1 aromatic heterocycles. The summed E-state index contributed by atoms with van der Waals surface area (Å²) < 4.78 is 5.28. The van der Waals surface area contributed by atoms with E-state index in [1.165, 1.54) is 0 Å². The van der Waals surface area contributed by atoms with E-state index < -0.39 is 0 Å². The number of carbonyl (C=O) groups is 2. The molecule has 0 radical (unpaired) electrons. The number of anilines is 1. The van der Waals surface area contributed by atoms with Crippen LogP contribution < -0.4 is 15.4 Å². The monoisotopic (exact) mass is 521 g/mol. The fourth-order valence-electron chi connectivity index (χ4n) is 5.67. The molecule has 0 saturated heterocycles. The Morgan fingerprint density at radius 2 is 1.62 bits per heavy atom. The van der Waals surface area contributed by atoms with Gasteiger partial charge in [0, 0.05) is 23.3 Å². The van der Waals surface area contributed by atoms with Gasteiger partial charge in [-0.05, 0) is 80.1 Å². The molecule has 1 fully saturated rings. The van der Waals surface area contributed by atoms with Crippen LogP contribution in [0.4, 0.5) is 5.69 Å². The smallest absolute Gasteiger partial charge is 0.256 e. The molecule has 5 rings (SSSR count). The van der Waals surface area contributed by atoms with Gasteiger partial charge in [0.1, 0.15) is 5.75 Å². The number of fused-ring (bicyclic) bond motifs is 1. The third-order valence-electron chi connectivity index (χ3n) is 7.77. The van der Waals surface area contributed by atoms with Crippen molar-refractivity contribution in [3.63, 3.8) is 0 Å². The summed E-state index contributed by atoms with van der Waals surface area (Å²) in [6.07, 6.45) is 7.12. The number of aromatic nitrogens is 1. The number of rotatable bonds is 9. The average molecular weight is 522 g/mol. The number of hydrogen-bond acceptors (Lipinski definition) is 4. The summed E-state index contributed by atoms with van der Waals surface area (Å²) in [5, 5.41) is 7.12. The Bertz CT molecular complexity index is 1440. The number of pyridine rings is 1. The molecule has 4 aromatic rings. The van der Waals surface area contributed by atoms with Gasteiger partial charge in [-0.1, -0.05) is 55.3 Å². The molecule has 6 heteroatoms. The van der Waals surface area contributed by atoms with Gasteiger partial charge in [-0.3, -0.25) is 14.6 Å². The Morgan fingerprint density at radius 3 is 2.33 bits per heavy atom. The van der Waals surface area contributed by atoms with Gasteiger partial charge in [0.05, 0.1) is 23.6 Å². The van der Waals surface area contributed by atoms with Crippen molar-refractivity contribution in [2.45, 2.75) is 51.5 Å². The van der Waals surface area contributed by atoms with Crippen LogP contribution in [-0.4, -0.2) is 29.9 Å². The second-order valence-corrected chi connectivity index (χ2v) is 10.6. The molecule has 200 valence electrons. The van der Waals surface area contributed by atoms with E-state index in [1.54, 1.807) is 19.4 Å². The van der Waals surface area contributed by atoms with Crippen LogP contribution in [0.3, 0.4) is 0 Å². The standard InChI is InChI=1S/C33H35N3O3/c1-23(35-32(38)33(18-5-6-19-33)22-25-11-15-27(39-2)16-12-25)21-24-9-13-26(14-10-24)36-31(37)29-17-20-34-30-8-4-3-7-28(29)30/h3-4,7-17,20,23H,5-6,18-19,21-22H2,1-2H3,(H,35,38)(H,36,37). The minimum atomic E-state index is -0.353. The minimum Gasteiger partial charge on any atom is -0.497 e. The number of amides is 2. The van der Waals surface area contributed by atoms with E-state index in [0.29, 0.717) is 12.0 Å². The predicted octanol–water partition coefficient (Wildman–Crippen LogP) is 6.35. The molecule has 1 unspecified atom stereocenters. The lowest BCUT2D eigenvalue weighted by atomic mass is 9.79. The normalized spacial score (nSPS) is 15.0. The quantitative estimate of drug-likeness (QED) is 0.269. The van der Waals surface area contributed by atoms with Crippen molar-refractivity contribution in [2.75, 3.05) is 12.4 Å². The molecule has 0 spiro atoms. The van der Waals surface area contributed by atoms with E-state index in [-0.39, 0.29) is 23.3 Å². The van der Waals surface area contributed by atoms with Crippen LogP contribution in [0, 0.1) is 5.41 Å². The molecule has 1 saturated carbocycles. The number of nitrogens with zero attached hydrogens (tertiary/aromatic N) is 1. The molecule has 3 aromatic carbocycles. The van der Waals surface area contributed by atoms with Crippen LogP contribution >= 0.6 is 0 Å². The lowest BCUT2D eigenvalue weighted by Gasteiger charge is -2.30. The van der Waals surface area contributed by atoms with Crippen molar-refractivity contribution in [3.8, 4) is 5.75 Å². The molecule has 2 amide bonds. The van der Waals surface area contributed by atoms with Crippen LogP contribution in [-0.2, 0) is 17.6 Å². The zero-order valence-corrected chi connectivity index (χ0v) is 22.6. The van der Waals surface area contributed by atoms with Gasteiger partial charge in [-0.2, -0.15) is 0 Å². The molecule has 2 N–H and O–H groups in total. The topological polar surface area (TPSA) is 80.3 Å². The van der Waals surface area contributed by atoms with Gasteiger partial charge in [0.25, 0.3) is 5.91 Å². The van der Waals surface area contributed by atoms with Gasteiger partial charge < -0.3 is 15.4 Å². The molecule has 1 atom stereocenters. The fourth-order valence-corrected chi connectivity index (χ4v) is 5.67. The Hall–Kier alpha value is -4.19. The highest BCUT2D eigenvalue weighted by atomic mass is 16.5. The van der Waals surface area contributed by atoms with E-state index in [1.807, 2.05) is 60.7 Å². The molecule has 6 nitrogen and oxygen atoms in total. The van der Waals surface area contributed by atoms with Crippen LogP contribution in [0.1, 0.15) is 54.1 Å². The van der Waals surface area contributed by atoms with Gasteiger partial charge in [-0.25, -0.2) is 0 Å². The lowest BCUT2D eigenvalue weighted by molar-refractivity contribution is -0.131. The summed E-state index contributed by atoms with van der Waals surface area (Å²) in [6, 6.07) is 25.2. The second-order valence-electron chi connectivity index (χ2n) is 10.6. The summed E-state index contributed by atoms with van der Waals surface area (Å²) in [4.78, 5) is 30.8. The van der Waals surface area contributed by atoms with Crippen LogP contribution in [0.25, 0.3) is 10.9 Å². The van der Waals surface area contributed by atoms with Crippen molar-refractivity contribution in [2.24, 2.45) is 5.41 Å². The molecule has 0 aliphatic heterocycles. The fraction of sp³-hybridized carbons (Fsp3) is 0.303. The molecule has 1 aliphatic rings. The zero-order chi connectivity index (χ0) is 27.2. The van der Waals surface area contributed by atoms with E-state index in [4.69, 9.17) is 4.74 Å². The van der Waals surface area contributed by atoms with Gasteiger partial charge >= 0.3 is 0 Å². The Balaban J connectivity index is 1.19. The maximum atomic E-state index is 13.5. The van der Waals surface area contributed by atoms with Crippen molar-refractivity contribution in [1.82, 2.24) is 10.3 Å². The van der Waals surface area contributed by atoms with Gasteiger partial charge in [0.2, 0.25) is 5.91 Å². The second kappa shape index (κ2) is 11.7. The van der Waals surface area contributed by atoms with Crippen LogP contribution in [0.2, 0.25) is 0 Å². The van der Waals surface area contributed by atoms with Crippen molar-refractivity contribution in [1.29, 1.82) is 0 Å². The predicted molar refractivity (Wildman–Crippen MR) is 155 cm³/mol. The lowest BCUT2D eigenvalue weighted by Crippen LogP contribution is -2.45. The van der Waals surface area contributed by atoms with E-state index >= 15 is 0 Å². The van der Waals surface area contributed by atoms with E-state index in [2.05, 4.69) is 34.7 Å². The highest BCUT2D eigenvalue weighted by Gasteiger charge is 2.41. The Kier molecular flexibility index (Phi) is 7.92. The number of ether oxygens (including phenoxy) is 1. The maximum Gasteiger partial charge on any atom is 0.256 e. The first-order valence-corrected chi connectivity index (χ1v) is 13.6. The van der Waals surface area contributed by atoms with Crippen LogP contribution in [0.5, 0.6) is 5.75 Å². The first kappa shape index (κ1) is 26.4. The highest BCUT2D eigenvalue weighted by Crippen LogP contribution is 2.41. The largest absolute Gasteiger partial charge is 0.497 e. The van der Waals surface area contributed by atoms with Crippen molar-refractivity contribution in [3.05, 3.63) is 102 Å². The number of methoxy groups -OCH3 is 1. The SMILES string of the molecule is COc1ccc(CC2(C(=O)NC(C)Cc3ccc(NC(=O)c4ccnc5ccccc45)cc3)CCCC2)cc1. The summed E-state index contributed by atoms with van der Waals surface area (Å²) in [5.74, 6) is 0.811. The summed E-state index contributed by atoms with van der Waals surface area (Å²) in [6.45, 7) is 2.05. The average Bonchev–Trinajstić information content (AvgIpc) is 3.44. The van der Waals surface area contributed by atoms with Gasteiger partial charge in [0.15, 0.2) is 0 Å². The molecule has 0 bridgehead atoms. The van der Waals surface area contributed by atoms with Crippen LogP contribution in [0.15, 0.2) is 85.1 Å². The number of carbonyl (C=O) groups excluding carboxylic acids is 2. The van der Waals surface area contributed by atoms with Gasteiger partial charge in [-0.15, -0.1) is 0 Å². The Morgan fingerprint density at radius 1 is 0.923 bits per heavy atom. The summed E-state index contributed by atoms with van der Waals surface area (Å²) >= 11 is 0. The molecule has 1 heterocycles.